The number of aromatic nitrogens is 1. The summed E-state index contributed by atoms with van der Waals surface area (Å²) in [7, 11) is 0. The molecule has 17 heavy (non-hydrogen) atoms. The average molecular weight is 245 g/mol. The molecule has 0 aliphatic carbocycles. The maximum Gasteiger partial charge on any atom is 0.168 e. The Kier molecular flexibility index (Phi) is 5.09. The van der Waals surface area contributed by atoms with Gasteiger partial charge in [-0.15, -0.1) is 0 Å². The molecule has 6 heteroatoms. The van der Waals surface area contributed by atoms with Gasteiger partial charge >= 0.3 is 0 Å². The van der Waals surface area contributed by atoms with E-state index in [2.05, 4.69) is 15.6 Å². The monoisotopic (exact) mass is 245 g/mol. The lowest BCUT2D eigenvalue weighted by molar-refractivity contribution is 0.244. The van der Waals surface area contributed by atoms with Gasteiger partial charge in [-0.2, -0.15) is 0 Å². The highest BCUT2D eigenvalue weighted by Crippen LogP contribution is 2.19. The highest BCUT2D eigenvalue weighted by molar-refractivity contribution is 5.47. The predicted octanol–water partition coefficient (Wildman–Crippen LogP) is 1.83. The molecule has 0 aromatic carbocycles. The van der Waals surface area contributed by atoms with E-state index < -0.39 is 11.6 Å². The third-order valence-corrected chi connectivity index (χ3v) is 2.20. The predicted molar refractivity (Wildman–Crippen MR) is 63.1 cm³/mol. The minimum Gasteiger partial charge on any atom is -0.396 e. The van der Waals surface area contributed by atoms with Crippen molar-refractivity contribution >= 4 is 11.6 Å². The van der Waals surface area contributed by atoms with Crippen LogP contribution in [0.5, 0.6) is 0 Å². The second kappa shape index (κ2) is 6.34. The number of pyridine rings is 1. The van der Waals surface area contributed by atoms with E-state index in [0.29, 0.717) is 13.1 Å². The fourth-order valence-electron chi connectivity index (χ4n) is 1.22. The summed E-state index contributed by atoms with van der Waals surface area (Å²) in [5.74, 6) is -1.47. The number of aliphatic hydroxyl groups excluding tert-OH is 1. The Balaban J connectivity index is 2.80. The van der Waals surface area contributed by atoms with Gasteiger partial charge in [-0.1, -0.05) is 6.92 Å². The quantitative estimate of drug-likeness (QED) is 0.715. The molecule has 1 heterocycles. The topological polar surface area (TPSA) is 57.2 Å². The molecule has 0 saturated carbocycles. The van der Waals surface area contributed by atoms with E-state index in [1.807, 2.05) is 0 Å². The molecule has 1 atom stereocenters. The van der Waals surface area contributed by atoms with E-state index in [1.54, 1.807) is 13.8 Å². The van der Waals surface area contributed by atoms with Crippen LogP contribution in [0.25, 0.3) is 0 Å². The van der Waals surface area contributed by atoms with E-state index in [0.717, 1.165) is 6.07 Å². The highest BCUT2D eigenvalue weighted by atomic mass is 19.1. The summed E-state index contributed by atoms with van der Waals surface area (Å²) in [6.45, 7) is 4.47. The average Bonchev–Trinajstić information content (AvgIpc) is 2.30. The molecule has 4 nitrogen and oxygen atoms in total. The SMILES string of the molecule is CCNc1nc(NCC(C)CO)c(F)cc1F. The van der Waals surface area contributed by atoms with Crippen molar-refractivity contribution in [2.45, 2.75) is 13.8 Å². The third kappa shape index (κ3) is 3.81. The molecule has 1 aromatic rings. The molecular formula is C11H17F2N3O. The van der Waals surface area contributed by atoms with Crippen LogP contribution < -0.4 is 10.6 Å². The first-order chi connectivity index (χ1) is 8.08. The zero-order valence-electron chi connectivity index (χ0n) is 9.93. The maximum absolute atomic E-state index is 13.4. The molecule has 1 unspecified atom stereocenters. The summed E-state index contributed by atoms with van der Waals surface area (Å²) >= 11 is 0. The summed E-state index contributed by atoms with van der Waals surface area (Å²) in [4.78, 5) is 3.81. The van der Waals surface area contributed by atoms with Crippen molar-refractivity contribution in [2.24, 2.45) is 5.92 Å². The fourth-order valence-corrected chi connectivity index (χ4v) is 1.22. The molecule has 0 fully saturated rings. The Labute approximate surface area is 99.1 Å². The first-order valence-electron chi connectivity index (χ1n) is 5.53. The standard InChI is InChI=1S/C11H17F2N3O/c1-3-14-10-8(12)4-9(13)11(16-10)15-5-7(2)6-17/h4,7,17H,3,5-6H2,1-2H3,(H2,14,15,16). The Bertz CT molecular complexity index is 374. The molecule has 96 valence electrons. The van der Waals surface area contributed by atoms with Crippen LogP contribution in [-0.2, 0) is 0 Å². The van der Waals surface area contributed by atoms with Gasteiger partial charge in [-0.25, -0.2) is 13.8 Å². The molecule has 0 aliphatic rings. The first kappa shape index (κ1) is 13.6. The van der Waals surface area contributed by atoms with Gasteiger partial charge in [0.1, 0.15) is 0 Å². The van der Waals surface area contributed by atoms with Crippen LogP contribution in [0.3, 0.4) is 0 Å². The molecule has 0 saturated heterocycles. The number of aliphatic hydroxyl groups is 1. The van der Waals surface area contributed by atoms with Crippen molar-refractivity contribution in [1.29, 1.82) is 0 Å². The maximum atomic E-state index is 13.4. The van der Waals surface area contributed by atoms with Crippen LogP contribution in [-0.4, -0.2) is 29.8 Å². The van der Waals surface area contributed by atoms with Crippen LogP contribution in [0.2, 0.25) is 0 Å². The summed E-state index contributed by atoms with van der Waals surface area (Å²) < 4.78 is 26.6. The van der Waals surface area contributed by atoms with Crippen molar-refractivity contribution in [2.75, 3.05) is 30.3 Å². The van der Waals surface area contributed by atoms with Gasteiger partial charge in [0.05, 0.1) is 0 Å². The second-order valence-corrected chi connectivity index (χ2v) is 3.85. The number of hydrogen-bond acceptors (Lipinski definition) is 4. The zero-order chi connectivity index (χ0) is 12.8. The van der Waals surface area contributed by atoms with Gasteiger partial charge in [-0.3, -0.25) is 0 Å². The fraction of sp³-hybridized carbons (Fsp3) is 0.545. The van der Waals surface area contributed by atoms with Crippen molar-refractivity contribution in [3.8, 4) is 0 Å². The van der Waals surface area contributed by atoms with Gasteiger partial charge in [0.25, 0.3) is 0 Å². The van der Waals surface area contributed by atoms with Crippen LogP contribution in [0.15, 0.2) is 6.07 Å². The van der Waals surface area contributed by atoms with Crippen molar-refractivity contribution < 1.29 is 13.9 Å². The lowest BCUT2D eigenvalue weighted by atomic mass is 10.2. The summed E-state index contributed by atoms with van der Waals surface area (Å²) in [6.07, 6.45) is 0. The molecule has 0 amide bonds. The first-order valence-corrected chi connectivity index (χ1v) is 5.53. The zero-order valence-corrected chi connectivity index (χ0v) is 9.93. The number of anilines is 2. The summed E-state index contributed by atoms with van der Waals surface area (Å²) in [5.41, 5.74) is 0. The molecule has 0 aliphatic heterocycles. The Morgan fingerprint density at radius 1 is 1.29 bits per heavy atom. The Morgan fingerprint density at radius 2 is 1.88 bits per heavy atom. The van der Waals surface area contributed by atoms with Crippen molar-refractivity contribution in [3.05, 3.63) is 17.7 Å². The Morgan fingerprint density at radius 3 is 2.41 bits per heavy atom. The van der Waals surface area contributed by atoms with E-state index in [4.69, 9.17) is 5.11 Å². The van der Waals surface area contributed by atoms with E-state index in [1.165, 1.54) is 0 Å². The lowest BCUT2D eigenvalue weighted by Crippen LogP contribution is -2.17. The number of nitrogens with one attached hydrogen (secondary N) is 2. The molecule has 1 rings (SSSR count). The number of nitrogens with zero attached hydrogens (tertiary/aromatic N) is 1. The van der Waals surface area contributed by atoms with Crippen LogP contribution in [0, 0.1) is 17.6 Å². The van der Waals surface area contributed by atoms with Crippen molar-refractivity contribution in [1.82, 2.24) is 4.98 Å². The molecule has 0 radical (unpaired) electrons. The smallest absolute Gasteiger partial charge is 0.168 e. The lowest BCUT2D eigenvalue weighted by Gasteiger charge is -2.12. The van der Waals surface area contributed by atoms with Gasteiger partial charge in [-0.05, 0) is 12.8 Å². The third-order valence-electron chi connectivity index (χ3n) is 2.20. The minimum absolute atomic E-state index is 0.00409. The van der Waals surface area contributed by atoms with E-state index in [-0.39, 0.29) is 24.2 Å². The molecule has 3 N–H and O–H groups in total. The molecule has 0 spiro atoms. The highest BCUT2D eigenvalue weighted by Gasteiger charge is 2.11. The largest absolute Gasteiger partial charge is 0.396 e. The summed E-state index contributed by atoms with van der Waals surface area (Å²) in [5, 5.41) is 14.3. The second-order valence-electron chi connectivity index (χ2n) is 3.85. The molecule has 1 aromatic heterocycles. The number of halogens is 2. The number of hydrogen-bond donors (Lipinski definition) is 3. The van der Waals surface area contributed by atoms with Gasteiger partial charge in [0, 0.05) is 25.8 Å². The van der Waals surface area contributed by atoms with E-state index >= 15 is 0 Å². The molecule has 0 bridgehead atoms. The van der Waals surface area contributed by atoms with Crippen molar-refractivity contribution in [3.63, 3.8) is 0 Å². The minimum atomic E-state index is -0.741. The van der Waals surface area contributed by atoms with Gasteiger partial charge < -0.3 is 15.7 Å². The number of rotatable bonds is 6. The normalized spacial score (nSPS) is 12.3. The summed E-state index contributed by atoms with van der Waals surface area (Å²) in [6, 6.07) is 0.789. The van der Waals surface area contributed by atoms with Crippen LogP contribution >= 0.6 is 0 Å². The van der Waals surface area contributed by atoms with Crippen LogP contribution in [0.4, 0.5) is 20.4 Å². The van der Waals surface area contributed by atoms with Gasteiger partial charge in [0.2, 0.25) is 0 Å². The molecular weight excluding hydrogens is 228 g/mol. The Hall–Kier alpha value is -1.43. The van der Waals surface area contributed by atoms with Gasteiger partial charge in [0.15, 0.2) is 23.3 Å². The van der Waals surface area contributed by atoms with Crippen LogP contribution in [0.1, 0.15) is 13.8 Å². The van der Waals surface area contributed by atoms with E-state index in [9.17, 15) is 8.78 Å².